The number of halogens is 3. The summed E-state index contributed by atoms with van der Waals surface area (Å²) in [7, 11) is 0. The Morgan fingerprint density at radius 1 is 1.22 bits per heavy atom. The highest BCUT2D eigenvalue weighted by Crippen LogP contribution is 2.27. The van der Waals surface area contributed by atoms with Gasteiger partial charge in [0.2, 0.25) is 9.96 Å². The Labute approximate surface area is 126 Å². The minimum atomic E-state index is -1.50. The van der Waals surface area contributed by atoms with E-state index in [0.717, 1.165) is 11.4 Å². The number of aryl methyl sites for hydroxylation is 1. The SMILES string of the molecule is Cc1ccc(C2=[NH+][C@H](C(Cl)(Cl)Cl)NC(=S)N2)cc1. The quantitative estimate of drug-likeness (QED) is 0.533. The zero-order valence-electron chi connectivity index (χ0n) is 9.43. The fraction of sp³-hybridized carbons (Fsp3) is 0.273. The molecule has 1 aliphatic rings. The van der Waals surface area contributed by atoms with E-state index in [-0.39, 0.29) is 0 Å². The van der Waals surface area contributed by atoms with Crippen LogP contribution in [-0.2, 0) is 0 Å². The van der Waals surface area contributed by atoms with E-state index in [1.165, 1.54) is 5.56 Å². The van der Waals surface area contributed by atoms with E-state index < -0.39 is 9.96 Å². The number of nitrogens with one attached hydrogen (secondary N) is 3. The van der Waals surface area contributed by atoms with Crippen LogP contribution in [-0.4, -0.2) is 20.9 Å². The number of hydrogen-bond acceptors (Lipinski definition) is 1. The molecule has 0 aromatic heterocycles. The van der Waals surface area contributed by atoms with Crippen molar-refractivity contribution in [3.8, 4) is 0 Å². The topological polar surface area (TPSA) is 38.0 Å². The van der Waals surface area contributed by atoms with Gasteiger partial charge in [0.15, 0.2) is 0 Å². The molecule has 0 fully saturated rings. The fourth-order valence-corrected chi connectivity index (χ4v) is 2.08. The van der Waals surface area contributed by atoms with Gasteiger partial charge >= 0.3 is 0 Å². The first-order valence-corrected chi connectivity index (χ1v) is 6.75. The van der Waals surface area contributed by atoms with Gasteiger partial charge in [-0.25, -0.2) is 10.3 Å². The number of thiocarbonyl (C=S) groups is 1. The first-order chi connectivity index (χ1) is 8.36. The van der Waals surface area contributed by atoms with Crippen LogP contribution in [0.1, 0.15) is 11.1 Å². The molecule has 0 saturated heterocycles. The molecule has 1 aliphatic heterocycles. The van der Waals surface area contributed by atoms with Crippen molar-refractivity contribution in [1.82, 2.24) is 10.6 Å². The zero-order chi connectivity index (χ0) is 13.3. The zero-order valence-corrected chi connectivity index (χ0v) is 12.5. The van der Waals surface area contributed by atoms with Crippen LogP contribution in [0.2, 0.25) is 0 Å². The molecule has 7 heteroatoms. The van der Waals surface area contributed by atoms with Gasteiger partial charge in [0.1, 0.15) is 0 Å². The van der Waals surface area contributed by atoms with Crippen molar-refractivity contribution >= 4 is 58.0 Å². The van der Waals surface area contributed by atoms with E-state index >= 15 is 0 Å². The van der Waals surface area contributed by atoms with Gasteiger partial charge in [-0.3, -0.25) is 0 Å². The molecule has 0 aliphatic carbocycles. The van der Waals surface area contributed by atoms with Crippen LogP contribution < -0.4 is 15.6 Å². The van der Waals surface area contributed by atoms with Crippen LogP contribution in [0, 0.1) is 6.92 Å². The molecule has 1 heterocycles. The Morgan fingerprint density at radius 2 is 1.83 bits per heavy atom. The molecule has 96 valence electrons. The average molecular weight is 324 g/mol. The van der Waals surface area contributed by atoms with Crippen molar-refractivity contribution in [3.05, 3.63) is 35.4 Å². The molecule has 1 aromatic carbocycles. The fourth-order valence-electron chi connectivity index (χ4n) is 1.54. The summed E-state index contributed by atoms with van der Waals surface area (Å²) in [5.41, 5.74) is 2.12. The summed E-state index contributed by atoms with van der Waals surface area (Å²) in [5, 5.41) is 6.28. The lowest BCUT2D eigenvalue weighted by molar-refractivity contribution is -0.510. The van der Waals surface area contributed by atoms with Crippen molar-refractivity contribution in [2.75, 3.05) is 0 Å². The highest BCUT2D eigenvalue weighted by molar-refractivity contribution is 7.80. The lowest BCUT2D eigenvalue weighted by atomic mass is 10.1. The molecular weight excluding hydrogens is 313 g/mol. The van der Waals surface area contributed by atoms with Gasteiger partial charge in [0, 0.05) is 0 Å². The van der Waals surface area contributed by atoms with E-state index in [4.69, 9.17) is 47.0 Å². The van der Waals surface area contributed by atoms with E-state index in [2.05, 4.69) is 15.6 Å². The maximum Gasteiger partial charge on any atom is 0.283 e. The Kier molecular flexibility index (Phi) is 4.02. The molecule has 0 radical (unpaired) electrons. The maximum absolute atomic E-state index is 5.86. The summed E-state index contributed by atoms with van der Waals surface area (Å²) in [4.78, 5) is 3.07. The van der Waals surface area contributed by atoms with E-state index in [0.29, 0.717) is 5.11 Å². The number of hydrogen-bond donors (Lipinski definition) is 3. The van der Waals surface area contributed by atoms with Crippen LogP contribution in [0.3, 0.4) is 0 Å². The summed E-state index contributed by atoms with van der Waals surface area (Å²) in [6.07, 6.45) is -0.576. The largest absolute Gasteiger partial charge is 0.301 e. The minimum absolute atomic E-state index is 0.417. The van der Waals surface area contributed by atoms with E-state index in [1.54, 1.807) is 0 Å². The summed E-state index contributed by atoms with van der Waals surface area (Å²) >= 11 is 22.7. The van der Waals surface area contributed by atoms with E-state index in [1.807, 2.05) is 31.2 Å². The van der Waals surface area contributed by atoms with Gasteiger partial charge in [0.05, 0.1) is 5.56 Å². The predicted octanol–water partition coefficient (Wildman–Crippen LogP) is 0.996. The van der Waals surface area contributed by atoms with Gasteiger partial charge in [-0.15, -0.1) is 0 Å². The number of amidine groups is 1. The Morgan fingerprint density at radius 3 is 2.39 bits per heavy atom. The van der Waals surface area contributed by atoms with Crippen molar-refractivity contribution in [2.24, 2.45) is 0 Å². The Balaban J connectivity index is 2.34. The molecule has 18 heavy (non-hydrogen) atoms. The Hall–Kier alpha value is -0.550. The van der Waals surface area contributed by atoms with Gasteiger partial charge < -0.3 is 5.32 Å². The number of benzene rings is 1. The first kappa shape index (κ1) is 13.9. The highest BCUT2D eigenvalue weighted by Gasteiger charge is 2.39. The third-order valence-corrected chi connectivity index (χ3v) is 3.34. The number of rotatable bonds is 1. The van der Waals surface area contributed by atoms with Gasteiger partial charge in [-0.2, -0.15) is 0 Å². The molecule has 3 N–H and O–H groups in total. The molecule has 0 unspecified atom stereocenters. The van der Waals surface area contributed by atoms with Crippen molar-refractivity contribution < 1.29 is 4.99 Å². The second-order valence-electron chi connectivity index (χ2n) is 3.96. The lowest BCUT2D eigenvalue weighted by Crippen LogP contribution is -2.93. The normalized spacial score (nSPS) is 19.9. The monoisotopic (exact) mass is 322 g/mol. The third-order valence-electron chi connectivity index (χ3n) is 2.47. The third kappa shape index (κ3) is 3.26. The molecule has 3 nitrogen and oxygen atoms in total. The standard InChI is InChI=1S/C11H10Cl3N3S/c1-6-2-4-7(5-3-6)8-15-9(11(12,13)14)17-10(18)16-8/h2-5,9H,1H3,(H2,15,16,17,18)/p+1/t9-/m0/s1. The van der Waals surface area contributed by atoms with Crippen LogP contribution in [0.4, 0.5) is 0 Å². The first-order valence-electron chi connectivity index (χ1n) is 5.21. The van der Waals surface area contributed by atoms with Crippen molar-refractivity contribution in [1.29, 1.82) is 0 Å². The second-order valence-corrected chi connectivity index (χ2v) is 6.74. The van der Waals surface area contributed by atoms with Gasteiger partial charge in [-0.1, -0.05) is 52.5 Å². The summed E-state index contributed by atoms with van der Waals surface area (Å²) in [5.74, 6) is 0.718. The van der Waals surface area contributed by atoms with Gasteiger partial charge in [-0.05, 0) is 31.3 Å². The minimum Gasteiger partial charge on any atom is -0.301 e. The smallest absolute Gasteiger partial charge is 0.283 e. The molecule has 0 bridgehead atoms. The van der Waals surface area contributed by atoms with E-state index in [9.17, 15) is 0 Å². The van der Waals surface area contributed by atoms with Gasteiger partial charge in [0.25, 0.3) is 10.9 Å². The summed E-state index contributed by atoms with van der Waals surface area (Å²) in [6.45, 7) is 2.02. The van der Waals surface area contributed by atoms with Crippen LogP contribution >= 0.6 is 47.0 Å². The average Bonchev–Trinajstić information content (AvgIpc) is 2.28. The van der Waals surface area contributed by atoms with Crippen molar-refractivity contribution in [2.45, 2.75) is 16.9 Å². The molecular formula is C11H11Cl3N3S+. The molecule has 2 rings (SSSR count). The molecule has 0 amide bonds. The maximum atomic E-state index is 5.86. The molecule has 1 atom stereocenters. The Bertz CT molecular complexity index is 493. The van der Waals surface area contributed by atoms with Crippen molar-refractivity contribution in [3.63, 3.8) is 0 Å². The predicted molar refractivity (Wildman–Crippen MR) is 79.2 cm³/mol. The van der Waals surface area contributed by atoms with Crippen LogP contribution in [0.15, 0.2) is 24.3 Å². The summed E-state index contributed by atoms with van der Waals surface area (Å²) in [6, 6.07) is 7.93. The summed E-state index contributed by atoms with van der Waals surface area (Å²) < 4.78 is -1.50. The highest BCUT2D eigenvalue weighted by atomic mass is 35.6. The van der Waals surface area contributed by atoms with Crippen LogP contribution in [0.25, 0.3) is 0 Å². The lowest BCUT2D eigenvalue weighted by Gasteiger charge is -2.24. The van der Waals surface area contributed by atoms with Crippen LogP contribution in [0.5, 0.6) is 0 Å². The molecule has 0 spiro atoms. The number of alkyl halides is 3. The second kappa shape index (κ2) is 5.21. The molecule has 0 saturated carbocycles. The molecule has 1 aromatic rings.